The second-order valence-corrected chi connectivity index (χ2v) is 6.10. The molecule has 0 spiro atoms. The number of allylic oxidation sites excluding steroid dienone is 5. The van der Waals surface area contributed by atoms with Gasteiger partial charge in [0, 0.05) is 6.42 Å². The largest absolute Gasteiger partial charge is 0.460 e. The molecule has 0 aromatic rings. The molecule has 1 aliphatic rings. The zero-order valence-electron chi connectivity index (χ0n) is 14.5. The van der Waals surface area contributed by atoms with Crippen LogP contribution in [0.25, 0.3) is 0 Å². The molecule has 0 aromatic heterocycles. The highest BCUT2D eigenvalue weighted by molar-refractivity contribution is 5.70. The SMILES string of the molecule is CCCCC/C=C\C/C=C\C/C=C\C[C@H](O)[C@H]1CCCC(=O)O1. The van der Waals surface area contributed by atoms with Crippen LogP contribution in [0.5, 0.6) is 0 Å². The second-order valence-electron chi connectivity index (χ2n) is 6.10. The Morgan fingerprint density at radius 2 is 1.83 bits per heavy atom. The fraction of sp³-hybridized carbons (Fsp3) is 0.650. The third-order valence-corrected chi connectivity index (χ3v) is 3.98. The molecule has 3 nitrogen and oxygen atoms in total. The Morgan fingerprint density at radius 1 is 1.13 bits per heavy atom. The van der Waals surface area contributed by atoms with Crippen LogP contribution in [0.1, 0.15) is 71.1 Å². The third-order valence-electron chi connectivity index (χ3n) is 3.98. The first-order valence-electron chi connectivity index (χ1n) is 9.06. The molecule has 0 unspecified atom stereocenters. The molecule has 130 valence electrons. The zero-order valence-corrected chi connectivity index (χ0v) is 14.5. The van der Waals surface area contributed by atoms with Crippen molar-refractivity contribution in [3.8, 4) is 0 Å². The molecule has 0 bridgehead atoms. The van der Waals surface area contributed by atoms with Crippen LogP contribution in [-0.2, 0) is 9.53 Å². The van der Waals surface area contributed by atoms with E-state index in [4.69, 9.17) is 4.74 Å². The zero-order chi connectivity index (χ0) is 16.8. The van der Waals surface area contributed by atoms with Crippen molar-refractivity contribution in [2.24, 2.45) is 0 Å². The number of ether oxygens (including phenoxy) is 1. The molecule has 0 aliphatic carbocycles. The number of hydrogen-bond acceptors (Lipinski definition) is 3. The van der Waals surface area contributed by atoms with Crippen molar-refractivity contribution in [2.45, 2.75) is 83.3 Å². The van der Waals surface area contributed by atoms with Crippen molar-refractivity contribution in [1.29, 1.82) is 0 Å². The quantitative estimate of drug-likeness (QED) is 0.336. The molecule has 1 N–H and O–H groups in total. The number of unbranched alkanes of at least 4 members (excludes halogenated alkanes) is 3. The summed E-state index contributed by atoms with van der Waals surface area (Å²) < 4.78 is 5.16. The van der Waals surface area contributed by atoms with Gasteiger partial charge in [-0.25, -0.2) is 0 Å². The first kappa shape index (κ1) is 19.7. The fourth-order valence-electron chi connectivity index (χ4n) is 2.56. The summed E-state index contributed by atoms with van der Waals surface area (Å²) in [5, 5.41) is 10.00. The van der Waals surface area contributed by atoms with Crippen LogP contribution in [0.15, 0.2) is 36.5 Å². The van der Waals surface area contributed by atoms with Gasteiger partial charge in [0.15, 0.2) is 0 Å². The van der Waals surface area contributed by atoms with Gasteiger partial charge in [-0.3, -0.25) is 4.79 Å². The van der Waals surface area contributed by atoms with Gasteiger partial charge in [-0.15, -0.1) is 0 Å². The lowest BCUT2D eigenvalue weighted by molar-refractivity contribution is -0.160. The first-order chi connectivity index (χ1) is 11.2. The van der Waals surface area contributed by atoms with Gasteiger partial charge >= 0.3 is 5.97 Å². The minimum Gasteiger partial charge on any atom is -0.460 e. The number of hydrogen-bond donors (Lipinski definition) is 1. The van der Waals surface area contributed by atoms with Crippen molar-refractivity contribution < 1.29 is 14.6 Å². The highest BCUT2D eigenvalue weighted by atomic mass is 16.6. The van der Waals surface area contributed by atoms with Gasteiger partial charge in [-0.1, -0.05) is 56.2 Å². The van der Waals surface area contributed by atoms with Gasteiger partial charge in [0.1, 0.15) is 6.10 Å². The Bertz CT molecular complexity index is 396. The van der Waals surface area contributed by atoms with Gasteiger partial charge < -0.3 is 9.84 Å². The van der Waals surface area contributed by atoms with Crippen LogP contribution in [0.2, 0.25) is 0 Å². The van der Waals surface area contributed by atoms with E-state index in [1.54, 1.807) is 0 Å². The monoisotopic (exact) mass is 320 g/mol. The van der Waals surface area contributed by atoms with Gasteiger partial charge in [0.25, 0.3) is 0 Å². The van der Waals surface area contributed by atoms with E-state index >= 15 is 0 Å². The van der Waals surface area contributed by atoms with Gasteiger partial charge in [-0.05, 0) is 44.9 Å². The number of cyclic esters (lactones) is 1. The van der Waals surface area contributed by atoms with Gasteiger partial charge in [0.05, 0.1) is 6.10 Å². The summed E-state index contributed by atoms with van der Waals surface area (Å²) in [6.07, 6.45) is 21.5. The van der Waals surface area contributed by atoms with Crippen molar-refractivity contribution in [2.75, 3.05) is 0 Å². The standard InChI is InChI=1S/C20H32O3/c1-2-3-4-5-6-7-8-9-10-11-12-13-15-18(21)19-16-14-17-20(22)23-19/h6-7,9-10,12-13,18-19,21H,2-5,8,11,14-17H2,1H3/b7-6-,10-9-,13-12-/t18-,19+/m0/s1. The number of rotatable bonds is 11. The van der Waals surface area contributed by atoms with Crippen molar-refractivity contribution >= 4 is 5.97 Å². The highest BCUT2D eigenvalue weighted by Gasteiger charge is 2.26. The van der Waals surface area contributed by atoms with Crippen molar-refractivity contribution in [1.82, 2.24) is 0 Å². The molecule has 1 rings (SSSR count). The number of aliphatic hydroxyl groups is 1. The Morgan fingerprint density at radius 3 is 2.52 bits per heavy atom. The summed E-state index contributed by atoms with van der Waals surface area (Å²) in [5.41, 5.74) is 0. The normalized spacial score (nSPS) is 20.6. The third kappa shape index (κ3) is 10.1. The van der Waals surface area contributed by atoms with Crippen LogP contribution < -0.4 is 0 Å². The molecule has 23 heavy (non-hydrogen) atoms. The topological polar surface area (TPSA) is 46.5 Å². The molecular weight excluding hydrogens is 288 g/mol. The maximum atomic E-state index is 11.2. The molecule has 0 aromatic carbocycles. The molecule has 1 aliphatic heterocycles. The van der Waals surface area contributed by atoms with Crippen molar-refractivity contribution in [3.05, 3.63) is 36.5 Å². The number of carbonyl (C=O) groups is 1. The van der Waals surface area contributed by atoms with Crippen molar-refractivity contribution in [3.63, 3.8) is 0 Å². The Hall–Kier alpha value is -1.35. The summed E-state index contributed by atoms with van der Waals surface area (Å²) in [6, 6.07) is 0. The van der Waals surface area contributed by atoms with E-state index in [1.807, 2.05) is 6.08 Å². The fourth-order valence-corrected chi connectivity index (χ4v) is 2.56. The summed E-state index contributed by atoms with van der Waals surface area (Å²) >= 11 is 0. The lowest BCUT2D eigenvalue weighted by atomic mass is 10.0. The van der Waals surface area contributed by atoms with Gasteiger partial charge in [-0.2, -0.15) is 0 Å². The molecule has 3 heteroatoms. The number of carbonyl (C=O) groups excluding carboxylic acids is 1. The van der Waals surface area contributed by atoms with E-state index < -0.39 is 6.10 Å². The first-order valence-corrected chi connectivity index (χ1v) is 9.06. The Kier molecular flexibility index (Phi) is 11.2. The molecule has 1 heterocycles. The Balaban J connectivity index is 2.05. The van der Waals surface area contributed by atoms with E-state index in [2.05, 4.69) is 37.3 Å². The second kappa shape index (κ2) is 13.1. The van der Waals surface area contributed by atoms with Crippen LogP contribution in [0, 0.1) is 0 Å². The van der Waals surface area contributed by atoms with Crippen LogP contribution in [0.4, 0.5) is 0 Å². The maximum Gasteiger partial charge on any atom is 0.306 e. The van der Waals surface area contributed by atoms with Gasteiger partial charge in [0.2, 0.25) is 0 Å². The van der Waals surface area contributed by atoms with E-state index in [0.717, 1.165) is 25.7 Å². The summed E-state index contributed by atoms with van der Waals surface area (Å²) in [4.78, 5) is 11.2. The van der Waals surface area contributed by atoms with E-state index in [0.29, 0.717) is 12.8 Å². The lowest BCUT2D eigenvalue weighted by Gasteiger charge is -2.25. The average molecular weight is 320 g/mol. The summed E-state index contributed by atoms with van der Waals surface area (Å²) in [5.74, 6) is -0.185. The van der Waals surface area contributed by atoms with Crippen LogP contribution in [-0.4, -0.2) is 23.3 Å². The molecule has 1 saturated heterocycles. The number of aliphatic hydroxyl groups excluding tert-OH is 1. The predicted octanol–water partition coefficient (Wildman–Crippen LogP) is 4.86. The molecule has 1 fully saturated rings. The smallest absolute Gasteiger partial charge is 0.306 e. The van der Waals surface area contributed by atoms with E-state index in [-0.39, 0.29) is 12.1 Å². The molecule has 2 atom stereocenters. The highest BCUT2D eigenvalue weighted by Crippen LogP contribution is 2.18. The number of esters is 1. The minimum absolute atomic E-state index is 0.185. The summed E-state index contributed by atoms with van der Waals surface area (Å²) in [6.45, 7) is 2.22. The molecule has 0 saturated carbocycles. The Labute approximate surface area is 141 Å². The predicted molar refractivity (Wildman–Crippen MR) is 95.2 cm³/mol. The van der Waals surface area contributed by atoms with Crippen LogP contribution >= 0.6 is 0 Å². The molecular formula is C20H32O3. The molecule has 0 radical (unpaired) electrons. The lowest BCUT2D eigenvalue weighted by Crippen LogP contribution is -2.34. The maximum absolute atomic E-state index is 11.2. The molecule has 0 amide bonds. The minimum atomic E-state index is -0.578. The summed E-state index contributed by atoms with van der Waals surface area (Å²) in [7, 11) is 0. The van der Waals surface area contributed by atoms with E-state index in [1.165, 1.54) is 25.7 Å². The average Bonchev–Trinajstić information content (AvgIpc) is 2.55. The van der Waals surface area contributed by atoms with E-state index in [9.17, 15) is 9.90 Å². The van der Waals surface area contributed by atoms with Crippen LogP contribution in [0.3, 0.4) is 0 Å².